The van der Waals surface area contributed by atoms with Gasteiger partial charge in [0.2, 0.25) is 0 Å². The van der Waals surface area contributed by atoms with Crippen LogP contribution in [0.4, 0.5) is 0 Å². The van der Waals surface area contributed by atoms with Crippen molar-refractivity contribution in [1.82, 2.24) is 24.2 Å². The molecule has 0 radical (unpaired) electrons. The Morgan fingerprint density at radius 2 is 1.85 bits per heavy atom. The Morgan fingerprint density at radius 1 is 1.12 bits per heavy atom. The monoisotopic (exact) mass is 477 g/mol. The molecule has 1 aliphatic rings. The Hall–Kier alpha value is -3.46. The molecule has 0 saturated carbocycles. The largest absolute Gasteiger partial charge is 0.337 e. The Balaban J connectivity index is 1.33. The molecule has 0 bridgehead atoms. The fraction of sp³-hybridized carbons (Fsp3) is 0.320. The Morgan fingerprint density at radius 3 is 2.56 bits per heavy atom. The zero-order chi connectivity index (χ0) is 24.0. The molecule has 5 rings (SSSR count). The molecule has 3 heterocycles. The first-order chi connectivity index (χ1) is 16.2. The van der Waals surface area contributed by atoms with Crippen LogP contribution in [0.15, 0.2) is 54.9 Å². The molecule has 1 amide bonds. The van der Waals surface area contributed by atoms with E-state index in [1.54, 1.807) is 18.3 Å². The number of hydrogen-bond donors (Lipinski definition) is 0. The SMILES string of the molecule is Cc1nn([C@@H]2CCS(=O)(=O)C2)c(C)c1CN(C)C(=O)c1ccc(-n2cnc3ccccc32)cc1. The van der Waals surface area contributed by atoms with Crippen LogP contribution in [0.25, 0.3) is 16.7 Å². The van der Waals surface area contributed by atoms with Gasteiger partial charge in [0.15, 0.2) is 9.84 Å². The van der Waals surface area contributed by atoms with Crippen molar-refractivity contribution in [3.8, 4) is 5.69 Å². The first kappa shape index (κ1) is 22.3. The van der Waals surface area contributed by atoms with Crippen molar-refractivity contribution >= 4 is 26.8 Å². The van der Waals surface area contributed by atoms with Crippen LogP contribution in [-0.4, -0.2) is 57.1 Å². The topological polar surface area (TPSA) is 90.1 Å². The number of aromatic nitrogens is 4. The second-order valence-corrected chi connectivity index (χ2v) is 11.2. The van der Waals surface area contributed by atoms with Gasteiger partial charge >= 0.3 is 0 Å². The zero-order valence-electron chi connectivity index (χ0n) is 19.5. The fourth-order valence-corrected chi connectivity index (χ4v) is 6.40. The van der Waals surface area contributed by atoms with Crippen molar-refractivity contribution in [3.63, 3.8) is 0 Å². The van der Waals surface area contributed by atoms with E-state index in [-0.39, 0.29) is 23.5 Å². The maximum absolute atomic E-state index is 13.1. The molecule has 0 unspecified atom stereocenters. The van der Waals surface area contributed by atoms with Crippen molar-refractivity contribution < 1.29 is 13.2 Å². The van der Waals surface area contributed by atoms with E-state index in [1.807, 2.05) is 71.6 Å². The number of nitrogens with zero attached hydrogens (tertiary/aromatic N) is 5. The number of carbonyl (C=O) groups excluding carboxylic acids is 1. The van der Waals surface area contributed by atoms with Gasteiger partial charge in [-0.25, -0.2) is 13.4 Å². The van der Waals surface area contributed by atoms with Gasteiger partial charge in [-0.2, -0.15) is 5.10 Å². The Bertz CT molecular complexity index is 1480. The van der Waals surface area contributed by atoms with Gasteiger partial charge < -0.3 is 4.90 Å². The molecule has 0 N–H and O–H groups in total. The Labute approximate surface area is 198 Å². The number of hydrogen-bond acceptors (Lipinski definition) is 5. The quantitative estimate of drug-likeness (QED) is 0.439. The summed E-state index contributed by atoms with van der Waals surface area (Å²) in [5, 5.41) is 4.61. The van der Waals surface area contributed by atoms with Crippen LogP contribution in [0.3, 0.4) is 0 Å². The number of imidazole rings is 1. The minimum atomic E-state index is -3.00. The third kappa shape index (κ3) is 4.00. The van der Waals surface area contributed by atoms with Crippen molar-refractivity contribution in [2.24, 2.45) is 0 Å². The van der Waals surface area contributed by atoms with E-state index >= 15 is 0 Å². The number of rotatable bonds is 5. The molecule has 34 heavy (non-hydrogen) atoms. The first-order valence-electron chi connectivity index (χ1n) is 11.3. The molecular weight excluding hydrogens is 450 g/mol. The maximum Gasteiger partial charge on any atom is 0.253 e. The lowest BCUT2D eigenvalue weighted by Gasteiger charge is -2.18. The van der Waals surface area contributed by atoms with Gasteiger partial charge in [-0.3, -0.25) is 14.0 Å². The van der Waals surface area contributed by atoms with Crippen LogP contribution in [0.1, 0.15) is 39.8 Å². The second-order valence-electron chi connectivity index (χ2n) is 8.96. The summed E-state index contributed by atoms with van der Waals surface area (Å²) in [5.74, 6) is 0.244. The summed E-state index contributed by atoms with van der Waals surface area (Å²) in [6.07, 6.45) is 2.36. The Kier molecular flexibility index (Phi) is 5.51. The highest BCUT2D eigenvalue weighted by molar-refractivity contribution is 7.91. The molecule has 8 nitrogen and oxygen atoms in total. The predicted molar refractivity (Wildman–Crippen MR) is 131 cm³/mol. The van der Waals surface area contributed by atoms with Gasteiger partial charge in [0.25, 0.3) is 5.91 Å². The lowest BCUT2D eigenvalue weighted by atomic mass is 10.1. The molecule has 2 aromatic carbocycles. The number of para-hydroxylation sites is 2. The van der Waals surface area contributed by atoms with E-state index in [2.05, 4.69) is 10.1 Å². The van der Waals surface area contributed by atoms with Crippen molar-refractivity contribution in [2.45, 2.75) is 32.9 Å². The molecule has 0 aliphatic carbocycles. The van der Waals surface area contributed by atoms with Crippen molar-refractivity contribution in [1.29, 1.82) is 0 Å². The van der Waals surface area contributed by atoms with Gasteiger partial charge in [-0.05, 0) is 56.7 Å². The van der Waals surface area contributed by atoms with Crippen LogP contribution >= 0.6 is 0 Å². The molecular formula is C25H27N5O3S. The van der Waals surface area contributed by atoms with Crippen LogP contribution in [0.5, 0.6) is 0 Å². The standard InChI is InChI=1S/C25H27N5O3S/c1-17-22(18(2)30(27-17)21-12-13-34(32,33)15-21)14-28(3)25(31)19-8-10-20(11-9-19)29-16-26-23-6-4-5-7-24(23)29/h4-11,16,21H,12-15H2,1-3H3/t21-/m1/s1. The molecule has 176 valence electrons. The highest BCUT2D eigenvalue weighted by Crippen LogP contribution is 2.27. The van der Waals surface area contributed by atoms with Gasteiger partial charge in [0.05, 0.1) is 34.3 Å². The highest BCUT2D eigenvalue weighted by atomic mass is 32.2. The average molecular weight is 478 g/mol. The van der Waals surface area contributed by atoms with Gasteiger partial charge in [0.1, 0.15) is 6.33 Å². The van der Waals surface area contributed by atoms with E-state index in [0.717, 1.165) is 33.7 Å². The van der Waals surface area contributed by atoms with Crippen molar-refractivity contribution in [3.05, 3.63) is 77.4 Å². The lowest BCUT2D eigenvalue weighted by Crippen LogP contribution is -2.26. The average Bonchev–Trinajstić information content (AvgIpc) is 3.49. The van der Waals surface area contributed by atoms with Crippen LogP contribution in [0, 0.1) is 13.8 Å². The second kappa shape index (κ2) is 8.39. The summed E-state index contributed by atoms with van der Waals surface area (Å²) in [5.41, 5.74) is 6.17. The van der Waals surface area contributed by atoms with E-state index in [0.29, 0.717) is 18.5 Å². The van der Waals surface area contributed by atoms with Gasteiger partial charge in [-0.15, -0.1) is 0 Å². The summed E-state index contributed by atoms with van der Waals surface area (Å²) in [4.78, 5) is 19.2. The third-order valence-electron chi connectivity index (χ3n) is 6.62. The number of benzene rings is 2. The first-order valence-corrected chi connectivity index (χ1v) is 13.1. The summed E-state index contributed by atoms with van der Waals surface area (Å²) in [6.45, 7) is 4.26. The van der Waals surface area contributed by atoms with Crippen molar-refractivity contribution in [2.75, 3.05) is 18.6 Å². The zero-order valence-corrected chi connectivity index (χ0v) is 20.3. The molecule has 1 fully saturated rings. The predicted octanol–water partition coefficient (Wildman–Crippen LogP) is 3.47. The number of carbonyl (C=O) groups is 1. The third-order valence-corrected chi connectivity index (χ3v) is 8.37. The van der Waals surface area contributed by atoms with Crippen LogP contribution < -0.4 is 0 Å². The maximum atomic E-state index is 13.1. The number of sulfone groups is 1. The summed E-state index contributed by atoms with van der Waals surface area (Å²) < 4.78 is 27.6. The van der Waals surface area contributed by atoms with Crippen LogP contribution in [0.2, 0.25) is 0 Å². The smallest absolute Gasteiger partial charge is 0.253 e. The molecule has 1 saturated heterocycles. The lowest BCUT2D eigenvalue weighted by molar-refractivity contribution is 0.0784. The summed E-state index contributed by atoms with van der Waals surface area (Å²) in [6, 6.07) is 15.3. The van der Waals surface area contributed by atoms with Crippen LogP contribution in [-0.2, 0) is 16.4 Å². The minimum absolute atomic E-state index is 0.0861. The summed E-state index contributed by atoms with van der Waals surface area (Å²) in [7, 11) is -1.23. The molecule has 1 atom stereocenters. The normalized spacial score (nSPS) is 17.3. The van der Waals surface area contributed by atoms with E-state index in [9.17, 15) is 13.2 Å². The van der Waals surface area contributed by atoms with E-state index in [1.165, 1.54) is 0 Å². The molecule has 0 spiro atoms. The summed E-state index contributed by atoms with van der Waals surface area (Å²) >= 11 is 0. The number of fused-ring (bicyclic) bond motifs is 1. The van der Waals surface area contributed by atoms with Gasteiger partial charge in [0, 0.05) is 36.1 Å². The molecule has 9 heteroatoms. The molecule has 1 aliphatic heterocycles. The van der Waals surface area contributed by atoms with E-state index in [4.69, 9.17) is 0 Å². The molecule has 4 aromatic rings. The minimum Gasteiger partial charge on any atom is -0.337 e. The number of amides is 1. The van der Waals surface area contributed by atoms with E-state index < -0.39 is 9.84 Å². The number of aryl methyl sites for hydroxylation is 1. The fourth-order valence-electron chi connectivity index (χ4n) is 4.71. The highest BCUT2D eigenvalue weighted by Gasteiger charge is 2.31. The van der Waals surface area contributed by atoms with Gasteiger partial charge in [-0.1, -0.05) is 12.1 Å². The molecule has 2 aromatic heterocycles.